The Bertz CT molecular complexity index is 627. The van der Waals surface area contributed by atoms with Crippen LogP contribution in [-0.4, -0.2) is 43.3 Å². The first-order valence-electron chi connectivity index (χ1n) is 8.12. The molecule has 1 aliphatic heterocycles. The van der Waals surface area contributed by atoms with Crippen LogP contribution >= 0.6 is 11.3 Å². The number of ether oxygens (including phenoxy) is 2. The number of hydrogen-bond donors (Lipinski definition) is 1. The monoisotopic (exact) mass is 346 g/mol. The first kappa shape index (κ1) is 17.0. The van der Waals surface area contributed by atoms with Crippen molar-refractivity contribution in [2.24, 2.45) is 0 Å². The van der Waals surface area contributed by atoms with Crippen molar-refractivity contribution in [3.8, 4) is 5.75 Å². The van der Waals surface area contributed by atoms with Crippen molar-refractivity contribution in [1.29, 1.82) is 0 Å². The molecule has 0 spiro atoms. The van der Waals surface area contributed by atoms with E-state index in [4.69, 9.17) is 9.47 Å². The Morgan fingerprint density at radius 1 is 1.21 bits per heavy atom. The molecular weight excluding hydrogens is 324 g/mol. The first-order valence-corrected chi connectivity index (χ1v) is 9.00. The van der Waals surface area contributed by atoms with Crippen molar-refractivity contribution in [3.05, 3.63) is 52.7 Å². The highest BCUT2D eigenvalue weighted by atomic mass is 32.1. The highest BCUT2D eigenvalue weighted by molar-refractivity contribution is 7.10. The standard InChI is InChI=1S/C18H22N2O3S/c1-14(19-18(21)23-15-6-3-2-4-7-15)17(16-8-5-13-24-16)20-9-11-22-12-10-20/h2-8,13-14,17H,9-12H2,1H3,(H,19,21)/t14-,17+/m0/s1. The van der Waals surface area contributed by atoms with Gasteiger partial charge in [0.05, 0.1) is 19.3 Å². The number of rotatable bonds is 5. The van der Waals surface area contributed by atoms with E-state index >= 15 is 0 Å². The van der Waals surface area contributed by atoms with Crippen LogP contribution in [0, 0.1) is 0 Å². The lowest BCUT2D eigenvalue weighted by Crippen LogP contribution is -2.48. The van der Waals surface area contributed by atoms with Crippen molar-refractivity contribution in [1.82, 2.24) is 10.2 Å². The molecule has 1 aromatic carbocycles. The zero-order valence-electron chi connectivity index (χ0n) is 13.7. The molecule has 128 valence electrons. The summed E-state index contributed by atoms with van der Waals surface area (Å²) in [5, 5.41) is 5.04. The number of carbonyl (C=O) groups excluding carboxylic acids is 1. The number of morpholine rings is 1. The number of carbonyl (C=O) groups is 1. The van der Waals surface area contributed by atoms with E-state index in [0.29, 0.717) is 5.75 Å². The molecule has 6 heteroatoms. The topological polar surface area (TPSA) is 50.8 Å². The van der Waals surface area contributed by atoms with E-state index in [1.807, 2.05) is 31.2 Å². The molecule has 0 radical (unpaired) electrons. The summed E-state index contributed by atoms with van der Waals surface area (Å²) in [6.07, 6.45) is -0.427. The average Bonchev–Trinajstić information content (AvgIpc) is 3.11. The maximum atomic E-state index is 12.2. The maximum Gasteiger partial charge on any atom is 0.412 e. The summed E-state index contributed by atoms with van der Waals surface area (Å²) in [4.78, 5) is 15.8. The highest BCUT2D eigenvalue weighted by Crippen LogP contribution is 2.29. The van der Waals surface area contributed by atoms with Crippen molar-refractivity contribution in [3.63, 3.8) is 0 Å². The summed E-state index contributed by atoms with van der Waals surface area (Å²) >= 11 is 1.71. The summed E-state index contributed by atoms with van der Waals surface area (Å²) in [5.41, 5.74) is 0. The van der Waals surface area contributed by atoms with Crippen LogP contribution in [0.4, 0.5) is 4.79 Å². The SMILES string of the molecule is C[C@H](NC(=O)Oc1ccccc1)[C@H](c1cccs1)N1CCOCC1. The first-order chi connectivity index (χ1) is 11.7. The van der Waals surface area contributed by atoms with Crippen LogP contribution in [0.5, 0.6) is 5.75 Å². The Balaban J connectivity index is 1.66. The second kappa shape index (κ2) is 8.28. The fourth-order valence-electron chi connectivity index (χ4n) is 2.95. The smallest absolute Gasteiger partial charge is 0.410 e. The van der Waals surface area contributed by atoms with E-state index in [9.17, 15) is 4.79 Å². The largest absolute Gasteiger partial charge is 0.412 e. The molecule has 2 aromatic rings. The van der Waals surface area contributed by atoms with Gasteiger partial charge in [0.1, 0.15) is 5.75 Å². The molecule has 5 nitrogen and oxygen atoms in total. The van der Waals surface area contributed by atoms with Gasteiger partial charge in [-0.1, -0.05) is 24.3 Å². The molecule has 0 unspecified atom stereocenters. The molecular formula is C18H22N2O3S. The number of benzene rings is 1. The molecule has 1 aliphatic rings. The quantitative estimate of drug-likeness (QED) is 0.902. The lowest BCUT2D eigenvalue weighted by atomic mass is 10.1. The zero-order chi connectivity index (χ0) is 16.8. The van der Waals surface area contributed by atoms with Crippen LogP contribution in [0.15, 0.2) is 47.8 Å². The second-order valence-electron chi connectivity index (χ2n) is 5.74. The molecule has 1 aromatic heterocycles. The molecule has 1 saturated heterocycles. The Morgan fingerprint density at radius 3 is 2.62 bits per heavy atom. The predicted molar refractivity (Wildman–Crippen MR) is 94.5 cm³/mol. The second-order valence-corrected chi connectivity index (χ2v) is 6.72. The minimum absolute atomic E-state index is 0.0713. The van der Waals surface area contributed by atoms with Crippen molar-refractivity contribution in [2.45, 2.75) is 19.0 Å². The number of thiophene rings is 1. The average molecular weight is 346 g/mol. The molecule has 1 N–H and O–H groups in total. The Kier molecular flexibility index (Phi) is 5.85. The number of nitrogens with one attached hydrogen (secondary N) is 1. The lowest BCUT2D eigenvalue weighted by molar-refractivity contribution is 0.00997. The van der Waals surface area contributed by atoms with Gasteiger partial charge in [0.15, 0.2) is 0 Å². The van der Waals surface area contributed by atoms with Crippen molar-refractivity contribution in [2.75, 3.05) is 26.3 Å². The summed E-state index contributed by atoms with van der Waals surface area (Å²) < 4.78 is 10.8. The van der Waals surface area contributed by atoms with Gasteiger partial charge in [-0.2, -0.15) is 0 Å². The maximum absolute atomic E-state index is 12.2. The third-order valence-electron chi connectivity index (χ3n) is 4.05. The van der Waals surface area contributed by atoms with Gasteiger partial charge in [-0.15, -0.1) is 11.3 Å². The molecule has 0 aliphatic carbocycles. The molecule has 0 bridgehead atoms. The third-order valence-corrected chi connectivity index (χ3v) is 4.99. The molecule has 0 saturated carbocycles. The predicted octanol–water partition coefficient (Wildman–Crippen LogP) is 3.30. The van der Waals surface area contributed by atoms with Crippen molar-refractivity contribution >= 4 is 17.4 Å². The van der Waals surface area contributed by atoms with Gasteiger partial charge >= 0.3 is 6.09 Å². The number of nitrogens with zero attached hydrogens (tertiary/aromatic N) is 1. The normalized spacial score (nSPS) is 17.9. The van der Waals surface area contributed by atoms with Crippen LogP contribution in [0.2, 0.25) is 0 Å². The van der Waals surface area contributed by atoms with Gasteiger partial charge in [0.2, 0.25) is 0 Å². The number of para-hydroxylation sites is 1. The van der Waals surface area contributed by atoms with E-state index in [2.05, 4.69) is 21.7 Å². The Hall–Kier alpha value is -1.89. The van der Waals surface area contributed by atoms with Gasteiger partial charge in [0.25, 0.3) is 0 Å². The molecule has 24 heavy (non-hydrogen) atoms. The van der Waals surface area contributed by atoms with E-state index in [1.165, 1.54) is 4.88 Å². The van der Waals surface area contributed by atoms with Crippen LogP contribution in [0.25, 0.3) is 0 Å². The zero-order valence-corrected chi connectivity index (χ0v) is 14.5. The van der Waals surface area contributed by atoms with E-state index in [-0.39, 0.29) is 12.1 Å². The number of hydrogen-bond acceptors (Lipinski definition) is 5. The molecule has 1 amide bonds. The fraction of sp³-hybridized carbons (Fsp3) is 0.389. The summed E-state index contributed by atoms with van der Waals surface area (Å²) in [6.45, 7) is 5.20. The minimum Gasteiger partial charge on any atom is -0.410 e. The number of amides is 1. The van der Waals surface area contributed by atoms with Crippen LogP contribution < -0.4 is 10.1 Å². The lowest BCUT2D eigenvalue weighted by Gasteiger charge is -2.37. The van der Waals surface area contributed by atoms with Crippen LogP contribution in [-0.2, 0) is 4.74 Å². The van der Waals surface area contributed by atoms with Gasteiger partial charge in [-0.25, -0.2) is 4.79 Å². The van der Waals surface area contributed by atoms with Gasteiger partial charge in [-0.3, -0.25) is 4.90 Å². The Labute approximate surface area is 146 Å². The summed E-state index contributed by atoms with van der Waals surface area (Å²) in [6, 6.07) is 13.3. The van der Waals surface area contributed by atoms with Gasteiger partial charge in [-0.05, 0) is 30.5 Å². The van der Waals surface area contributed by atoms with Gasteiger partial charge < -0.3 is 14.8 Å². The van der Waals surface area contributed by atoms with Crippen molar-refractivity contribution < 1.29 is 14.3 Å². The van der Waals surface area contributed by atoms with E-state index in [1.54, 1.807) is 23.5 Å². The van der Waals surface area contributed by atoms with Crippen LogP contribution in [0.3, 0.4) is 0 Å². The fourth-order valence-corrected chi connectivity index (χ4v) is 3.91. The Morgan fingerprint density at radius 2 is 1.96 bits per heavy atom. The molecule has 2 atom stereocenters. The summed E-state index contributed by atoms with van der Waals surface area (Å²) in [7, 11) is 0. The molecule has 1 fully saturated rings. The van der Waals surface area contributed by atoms with E-state index < -0.39 is 6.09 Å². The van der Waals surface area contributed by atoms with Crippen LogP contribution in [0.1, 0.15) is 17.8 Å². The third kappa shape index (κ3) is 4.35. The highest BCUT2D eigenvalue weighted by Gasteiger charge is 2.29. The minimum atomic E-state index is -0.427. The van der Waals surface area contributed by atoms with Gasteiger partial charge in [0, 0.05) is 24.0 Å². The molecule has 2 heterocycles. The summed E-state index contributed by atoms with van der Waals surface area (Å²) in [5.74, 6) is 0.543. The van der Waals surface area contributed by atoms with E-state index in [0.717, 1.165) is 26.3 Å². The molecule has 3 rings (SSSR count).